The number of esters is 1. The molecule has 1 aliphatic rings. The number of ether oxygens (including phenoxy) is 1. The van der Waals surface area contributed by atoms with Gasteiger partial charge >= 0.3 is 5.97 Å². The number of carbonyl (C=O) groups excluding carboxylic acids is 1. The fourth-order valence-electron chi connectivity index (χ4n) is 1.13. The Kier molecular flexibility index (Phi) is 1.65. The van der Waals surface area contributed by atoms with E-state index in [9.17, 15) is 9.18 Å². The molecule has 2 nitrogen and oxygen atoms in total. The van der Waals surface area contributed by atoms with Crippen LogP contribution >= 0.6 is 15.9 Å². The molecule has 0 radical (unpaired) electrons. The average molecular weight is 231 g/mol. The molecule has 62 valence electrons. The van der Waals surface area contributed by atoms with E-state index in [4.69, 9.17) is 4.74 Å². The quantitative estimate of drug-likeness (QED) is 0.506. The maximum absolute atomic E-state index is 12.7. The molecule has 0 N–H and O–H groups in total. The molecule has 0 bridgehead atoms. The SMILES string of the molecule is O=C1O[C@H](Br)c2cc(F)ccc21. The van der Waals surface area contributed by atoms with E-state index in [2.05, 4.69) is 15.9 Å². The number of fused-ring (bicyclic) bond motifs is 1. The lowest BCUT2D eigenvalue weighted by molar-refractivity contribution is 0.0530. The van der Waals surface area contributed by atoms with Crippen molar-refractivity contribution in [3.8, 4) is 0 Å². The van der Waals surface area contributed by atoms with Crippen molar-refractivity contribution in [3.05, 3.63) is 35.1 Å². The van der Waals surface area contributed by atoms with Gasteiger partial charge in [-0.25, -0.2) is 9.18 Å². The summed E-state index contributed by atoms with van der Waals surface area (Å²) in [5.41, 5.74) is 0.985. The largest absolute Gasteiger partial charge is 0.442 e. The highest BCUT2D eigenvalue weighted by Crippen LogP contribution is 2.35. The van der Waals surface area contributed by atoms with Crippen molar-refractivity contribution in [3.63, 3.8) is 0 Å². The topological polar surface area (TPSA) is 26.3 Å². The third-order valence-electron chi connectivity index (χ3n) is 1.69. The van der Waals surface area contributed by atoms with Crippen molar-refractivity contribution in [1.29, 1.82) is 0 Å². The lowest BCUT2D eigenvalue weighted by Gasteiger charge is -1.98. The van der Waals surface area contributed by atoms with Crippen LogP contribution in [0.5, 0.6) is 0 Å². The van der Waals surface area contributed by atoms with E-state index < -0.39 is 11.0 Å². The molecule has 12 heavy (non-hydrogen) atoms. The predicted octanol–water partition coefficient (Wildman–Crippen LogP) is 2.39. The fourth-order valence-corrected chi connectivity index (χ4v) is 1.68. The summed E-state index contributed by atoms with van der Waals surface area (Å²) >= 11 is 3.10. The van der Waals surface area contributed by atoms with Gasteiger partial charge in [-0.15, -0.1) is 0 Å². The van der Waals surface area contributed by atoms with Crippen molar-refractivity contribution in [2.24, 2.45) is 0 Å². The first kappa shape index (κ1) is 7.73. The van der Waals surface area contributed by atoms with Gasteiger partial charge in [0.25, 0.3) is 0 Å². The van der Waals surface area contributed by atoms with E-state index in [1.165, 1.54) is 18.2 Å². The Morgan fingerprint density at radius 3 is 3.00 bits per heavy atom. The number of cyclic esters (lactones) is 1. The fraction of sp³-hybridized carbons (Fsp3) is 0.125. The van der Waals surface area contributed by atoms with Gasteiger partial charge in [-0.05, 0) is 34.1 Å². The first-order chi connectivity index (χ1) is 5.68. The molecule has 4 heteroatoms. The van der Waals surface area contributed by atoms with Crippen molar-refractivity contribution in [2.75, 3.05) is 0 Å². The molecule has 0 aromatic heterocycles. The van der Waals surface area contributed by atoms with Crippen LogP contribution in [0.1, 0.15) is 20.9 Å². The molecule has 0 spiro atoms. The molecular weight excluding hydrogens is 227 g/mol. The number of halogens is 2. The molecule has 1 heterocycles. The number of benzene rings is 1. The second kappa shape index (κ2) is 2.55. The van der Waals surface area contributed by atoms with E-state index >= 15 is 0 Å². The van der Waals surface area contributed by atoms with Crippen LogP contribution in [0.15, 0.2) is 18.2 Å². The zero-order valence-electron chi connectivity index (χ0n) is 5.88. The maximum Gasteiger partial charge on any atom is 0.340 e. The van der Waals surface area contributed by atoms with Crippen molar-refractivity contribution in [1.82, 2.24) is 0 Å². The van der Waals surface area contributed by atoms with Gasteiger partial charge in [0, 0.05) is 5.56 Å². The number of hydrogen-bond acceptors (Lipinski definition) is 2. The summed E-state index contributed by atoms with van der Waals surface area (Å²) in [5.74, 6) is -0.775. The molecule has 1 aromatic rings. The van der Waals surface area contributed by atoms with Crippen molar-refractivity contribution >= 4 is 21.9 Å². The summed E-state index contributed by atoms with van der Waals surface area (Å²) in [4.78, 5) is 11.0. The van der Waals surface area contributed by atoms with Crippen molar-refractivity contribution < 1.29 is 13.9 Å². The lowest BCUT2D eigenvalue weighted by Crippen LogP contribution is -1.93. The Morgan fingerprint density at radius 2 is 2.25 bits per heavy atom. The highest BCUT2D eigenvalue weighted by atomic mass is 79.9. The Morgan fingerprint density at radius 1 is 1.50 bits per heavy atom. The number of carbonyl (C=O) groups is 1. The summed E-state index contributed by atoms with van der Waals surface area (Å²) in [6.45, 7) is 0. The Bertz CT molecular complexity index is 351. The van der Waals surface area contributed by atoms with E-state index in [1.807, 2.05) is 0 Å². The second-order valence-corrected chi connectivity index (χ2v) is 3.28. The Hall–Kier alpha value is -0.900. The van der Waals surface area contributed by atoms with Crippen molar-refractivity contribution in [2.45, 2.75) is 5.01 Å². The monoisotopic (exact) mass is 230 g/mol. The van der Waals surface area contributed by atoms with Gasteiger partial charge in [-0.3, -0.25) is 0 Å². The van der Waals surface area contributed by atoms with Gasteiger partial charge in [0.2, 0.25) is 0 Å². The standard InChI is InChI=1S/C8H4BrFO2/c9-7-6-3-4(10)1-2-5(6)8(11)12-7/h1-3,7H/t7-/m0/s1. The van der Waals surface area contributed by atoms with Gasteiger partial charge in [0.15, 0.2) is 5.01 Å². The minimum Gasteiger partial charge on any atom is -0.442 e. The molecule has 1 atom stereocenters. The molecule has 0 fully saturated rings. The zero-order valence-corrected chi connectivity index (χ0v) is 7.47. The van der Waals surface area contributed by atoms with Crippen LogP contribution in [-0.2, 0) is 4.74 Å². The molecule has 0 amide bonds. The predicted molar refractivity (Wildman–Crippen MR) is 43.5 cm³/mol. The second-order valence-electron chi connectivity index (χ2n) is 2.45. The van der Waals surface area contributed by atoms with E-state index in [1.54, 1.807) is 0 Å². The average Bonchev–Trinajstić information content (AvgIpc) is 2.28. The summed E-state index contributed by atoms with van der Waals surface area (Å²) in [6.07, 6.45) is 0. The van der Waals surface area contributed by atoms with Crippen LogP contribution in [0.2, 0.25) is 0 Å². The van der Waals surface area contributed by atoms with Gasteiger partial charge in [0.1, 0.15) is 5.82 Å². The molecule has 0 aliphatic carbocycles. The molecule has 0 unspecified atom stereocenters. The molecule has 0 saturated carbocycles. The first-order valence-electron chi connectivity index (χ1n) is 3.33. The van der Waals surface area contributed by atoms with Gasteiger partial charge < -0.3 is 4.74 Å². The summed E-state index contributed by atoms with van der Waals surface area (Å²) < 4.78 is 17.5. The van der Waals surface area contributed by atoms with Crippen LogP contribution in [-0.4, -0.2) is 5.97 Å². The summed E-state index contributed by atoms with van der Waals surface area (Å²) in [5, 5.41) is -0.504. The van der Waals surface area contributed by atoms with E-state index in [-0.39, 0.29) is 5.82 Å². The molecule has 2 rings (SSSR count). The van der Waals surface area contributed by atoms with E-state index in [0.29, 0.717) is 11.1 Å². The third-order valence-corrected chi connectivity index (χ3v) is 2.37. The van der Waals surface area contributed by atoms with Gasteiger partial charge in [-0.1, -0.05) is 0 Å². The Labute approximate surface area is 76.5 Å². The first-order valence-corrected chi connectivity index (χ1v) is 4.24. The highest BCUT2D eigenvalue weighted by Gasteiger charge is 2.28. The third kappa shape index (κ3) is 1.03. The Balaban J connectivity index is 2.60. The molecule has 1 aromatic carbocycles. The zero-order chi connectivity index (χ0) is 8.72. The molecule has 1 aliphatic heterocycles. The van der Waals surface area contributed by atoms with Crippen LogP contribution < -0.4 is 0 Å². The summed E-state index contributed by atoms with van der Waals surface area (Å²) in [6, 6.07) is 3.96. The van der Waals surface area contributed by atoms with Crippen LogP contribution in [0.4, 0.5) is 4.39 Å². The molecule has 0 saturated heterocycles. The number of hydrogen-bond donors (Lipinski definition) is 0. The minimum atomic E-state index is -0.504. The smallest absolute Gasteiger partial charge is 0.340 e. The minimum absolute atomic E-state index is 0.364. The van der Waals surface area contributed by atoms with Gasteiger partial charge in [-0.2, -0.15) is 0 Å². The van der Waals surface area contributed by atoms with Crippen LogP contribution in [0.25, 0.3) is 0 Å². The number of alkyl halides is 1. The normalized spacial score (nSPS) is 20.5. The van der Waals surface area contributed by atoms with E-state index in [0.717, 1.165) is 0 Å². The highest BCUT2D eigenvalue weighted by molar-refractivity contribution is 9.09. The lowest BCUT2D eigenvalue weighted by atomic mass is 10.1. The van der Waals surface area contributed by atoms with Crippen LogP contribution in [0.3, 0.4) is 0 Å². The molecular formula is C8H4BrFO2. The van der Waals surface area contributed by atoms with Crippen LogP contribution in [0, 0.1) is 5.82 Å². The summed E-state index contributed by atoms with van der Waals surface area (Å²) in [7, 11) is 0. The maximum atomic E-state index is 12.7. The van der Waals surface area contributed by atoms with Gasteiger partial charge in [0.05, 0.1) is 5.56 Å². The number of rotatable bonds is 0.